The monoisotopic (exact) mass is 306 g/mol. The number of aromatic nitrogens is 1. The van der Waals surface area contributed by atoms with Gasteiger partial charge in [-0.05, 0) is 52.7 Å². The maximum Gasteiger partial charge on any atom is 0.410 e. The molecular weight excluding hydrogens is 280 g/mol. The summed E-state index contributed by atoms with van der Waals surface area (Å²) in [5.41, 5.74) is 0.448. The van der Waals surface area contributed by atoms with E-state index in [4.69, 9.17) is 9.47 Å². The largest absolute Gasteiger partial charge is 0.444 e. The van der Waals surface area contributed by atoms with E-state index in [0.29, 0.717) is 6.54 Å². The van der Waals surface area contributed by atoms with Crippen LogP contribution in [0.5, 0.6) is 0 Å². The van der Waals surface area contributed by atoms with E-state index >= 15 is 0 Å². The van der Waals surface area contributed by atoms with Crippen LogP contribution < -0.4 is 0 Å². The highest BCUT2D eigenvalue weighted by atomic mass is 16.6. The molecule has 1 saturated heterocycles. The number of amides is 1. The number of piperidine rings is 1. The molecule has 1 aromatic rings. The average Bonchev–Trinajstić information content (AvgIpc) is 2.46. The molecule has 1 aliphatic heterocycles. The number of likely N-dealkylation sites (tertiary alicyclic amines) is 1. The molecular formula is C17H26N2O3. The first-order valence-electron chi connectivity index (χ1n) is 7.89. The summed E-state index contributed by atoms with van der Waals surface area (Å²) < 4.78 is 11.5. The number of ether oxygens (including phenoxy) is 2. The Morgan fingerprint density at radius 3 is 2.82 bits per heavy atom. The van der Waals surface area contributed by atoms with Gasteiger partial charge in [-0.3, -0.25) is 4.98 Å². The average molecular weight is 306 g/mol. The molecule has 122 valence electrons. The molecule has 0 saturated carbocycles. The summed E-state index contributed by atoms with van der Waals surface area (Å²) >= 11 is 0. The number of rotatable bonds is 3. The number of hydrogen-bond donors (Lipinski definition) is 0. The van der Waals surface area contributed by atoms with Crippen molar-refractivity contribution in [2.45, 2.75) is 58.3 Å². The molecule has 1 aromatic heterocycles. The molecule has 0 spiro atoms. The van der Waals surface area contributed by atoms with Gasteiger partial charge in [0, 0.05) is 12.7 Å². The van der Waals surface area contributed by atoms with Gasteiger partial charge in [-0.15, -0.1) is 0 Å². The van der Waals surface area contributed by atoms with Crippen molar-refractivity contribution >= 4 is 6.09 Å². The lowest BCUT2D eigenvalue weighted by molar-refractivity contribution is -0.0497. The Kier molecular flexibility index (Phi) is 5.40. The number of carbonyl (C=O) groups is 1. The van der Waals surface area contributed by atoms with Crippen LogP contribution in [0.1, 0.15) is 52.3 Å². The zero-order chi connectivity index (χ0) is 16.2. The van der Waals surface area contributed by atoms with Gasteiger partial charge in [0.05, 0.1) is 24.4 Å². The minimum absolute atomic E-state index is 0.0262. The van der Waals surface area contributed by atoms with E-state index in [0.717, 1.165) is 25.1 Å². The van der Waals surface area contributed by atoms with Crippen LogP contribution in [0, 0.1) is 0 Å². The Morgan fingerprint density at radius 1 is 1.41 bits per heavy atom. The lowest BCUT2D eigenvalue weighted by Gasteiger charge is -2.35. The Hall–Kier alpha value is -1.62. The van der Waals surface area contributed by atoms with Gasteiger partial charge in [0.15, 0.2) is 0 Å². The summed E-state index contributed by atoms with van der Waals surface area (Å²) in [5.74, 6) is 0. The third-order valence-corrected chi connectivity index (χ3v) is 3.53. The highest BCUT2D eigenvalue weighted by Gasteiger charge is 2.29. The number of nitrogens with zero attached hydrogens (tertiary/aromatic N) is 2. The van der Waals surface area contributed by atoms with Crippen molar-refractivity contribution in [3.05, 3.63) is 30.1 Å². The highest BCUT2D eigenvalue weighted by Crippen LogP contribution is 2.22. The molecule has 5 heteroatoms. The Bertz CT molecular complexity index is 484. The molecule has 0 unspecified atom stereocenters. The zero-order valence-corrected chi connectivity index (χ0v) is 13.9. The van der Waals surface area contributed by atoms with Crippen LogP contribution in [-0.4, -0.2) is 40.8 Å². The summed E-state index contributed by atoms with van der Waals surface area (Å²) in [6.07, 6.45) is 3.34. The molecule has 2 heterocycles. The molecule has 0 aromatic carbocycles. The van der Waals surface area contributed by atoms with Crippen LogP contribution in [0.25, 0.3) is 0 Å². The molecule has 1 aliphatic rings. The van der Waals surface area contributed by atoms with Gasteiger partial charge in [-0.2, -0.15) is 0 Å². The van der Waals surface area contributed by atoms with Crippen molar-refractivity contribution in [2.24, 2.45) is 0 Å². The maximum absolute atomic E-state index is 12.2. The summed E-state index contributed by atoms with van der Waals surface area (Å²) in [5, 5.41) is 0. The molecule has 0 bridgehead atoms. The number of pyridine rings is 1. The van der Waals surface area contributed by atoms with Crippen molar-refractivity contribution in [1.82, 2.24) is 9.88 Å². The SMILES string of the molecule is C[C@H](O[C@@H]1CCCN(C(=O)OC(C)(C)C)C1)c1ccccn1. The molecule has 1 fully saturated rings. The maximum atomic E-state index is 12.2. The van der Waals surface area contributed by atoms with E-state index in [1.807, 2.05) is 45.9 Å². The lowest BCUT2D eigenvalue weighted by Crippen LogP contribution is -2.45. The van der Waals surface area contributed by atoms with E-state index < -0.39 is 5.60 Å². The van der Waals surface area contributed by atoms with E-state index in [-0.39, 0.29) is 18.3 Å². The Morgan fingerprint density at radius 2 is 2.18 bits per heavy atom. The third kappa shape index (κ3) is 4.98. The normalized spacial score (nSPS) is 20.5. The van der Waals surface area contributed by atoms with Crippen molar-refractivity contribution < 1.29 is 14.3 Å². The van der Waals surface area contributed by atoms with E-state index in [2.05, 4.69) is 4.98 Å². The summed E-state index contributed by atoms with van der Waals surface area (Å²) in [7, 11) is 0. The fourth-order valence-corrected chi connectivity index (χ4v) is 2.52. The molecule has 0 N–H and O–H groups in total. The fraction of sp³-hybridized carbons (Fsp3) is 0.647. The lowest BCUT2D eigenvalue weighted by atomic mass is 10.1. The van der Waals surface area contributed by atoms with Gasteiger partial charge in [-0.1, -0.05) is 6.07 Å². The second-order valence-corrected chi connectivity index (χ2v) is 6.72. The number of hydrogen-bond acceptors (Lipinski definition) is 4. The minimum Gasteiger partial charge on any atom is -0.444 e. The van der Waals surface area contributed by atoms with E-state index in [9.17, 15) is 4.79 Å². The predicted molar refractivity (Wildman–Crippen MR) is 84.6 cm³/mol. The van der Waals surface area contributed by atoms with Crippen LogP contribution in [0.15, 0.2) is 24.4 Å². The van der Waals surface area contributed by atoms with Gasteiger partial charge < -0.3 is 14.4 Å². The van der Waals surface area contributed by atoms with Crippen LogP contribution in [0.3, 0.4) is 0 Å². The zero-order valence-electron chi connectivity index (χ0n) is 13.9. The van der Waals surface area contributed by atoms with Gasteiger partial charge in [0.25, 0.3) is 0 Å². The Balaban J connectivity index is 1.89. The second-order valence-electron chi connectivity index (χ2n) is 6.72. The molecule has 2 rings (SSSR count). The topological polar surface area (TPSA) is 51.7 Å². The second kappa shape index (κ2) is 7.09. The van der Waals surface area contributed by atoms with Crippen LogP contribution in [0.4, 0.5) is 4.79 Å². The van der Waals surface area contributed by atoms with Crippen molar-refractivity contribution in [3.8, 4) is 0 Å². The van der Waals surface area contributed by atoms with Gasteiger partial charge in [-0.25, -0.2) is 4.79 Å². The van der Waals surface area contributed by atoms with Crippen molar-refractivity contribution in [1.29, 1.82) is 0 Å². The highest BCUT2D eigenvalue weighted by molar-refractivity contribution is 5.68. The first-order valence-corrected chi connectivity index (χ1v) is 7.89. The van der Waals surface area contributed by atoms with Gasteiger partial charge in [0.1, 0.15) is 5.60 Å². The van der Waals surface area contributed by atoms with E-state index in [1.165, 1.54) is 0 Å². The predicted octanol–water partition coefficient (Wildman–Crippen LogP) is 3.56. The molecule has 0 radical (unpaired) electrons. The van der Waals surface area contributed by atoms with E-state index in [1.54, 1.807) is 11.1 Å². The first-order chi connectivity index (χ1) is 10.3. The molecule has 2 atom stereocenters. The molecule has 0 aliphatic carbocycles. The fourth-order valence-electron chi connectivity index (χ4n) is 2.52. The van der Waals surface area contributed by atoms with Crippen LogP contribution in [-0.2, 0) is 9.47 Å². The summed E-state index contributed by atoms with van der Waals surface area (Å²) in [6.45, 7) is 8.94. The standard InChI is InChI=1S/C17H26N2O3/c1-13(15-9-5-6-10-18-15)21-14-8-7-11-19(12-14)16(20)22-17(2,3)4/h5-6,9-10,13-14H,7-8,11-12H2,1-4H3/t13-,14+/m0/s1. The van der Waals surface area contributed by atoms with Crippen molar-refractivity contribution in [3.63, 3.8) is 0 Å². The smallest absolute Gasteiger partial charge is 0.410 e. The van der Waals surface area contributed by atoms with Crippen LogP contribution in [0.2, 0.25) is 0 Å². The third-order valence-electron chi connectivity index (χ3n) is 3.53. The minimum atomic E-state index is -0.466. The molecule has 5 nitrogen and oxygen atoms in total. The van der Waals surface area contributed by atoms with Gasteiger partial charge >= 0.3 is 6.09 Å². The Labute approximate surface area is 132 Å². The number of carbonyl (C=O) groups excluding carboxylic acids is 1. The summed E-state index contributed by atoms with van der Waals surface area (Å²) in [4.78, 5) is 18.2. The quantitative estimate of drug-likeness (QED) is 0.857. The molecule has 22 heavy (non-hydrogen) atoms. The van der Waals surface area contributed by atoms with Crippen molar-refractivity contribution in [2.75, 3.05) is 13.1 Å². The van der Waals surface area contributed by atoms with Gasteiger partial charge in [0.2, 0.25) is 0 Å². The summed E-state index contributed by atoms with van der Waals surface area (Å²) in [6, 6.07) is 5.80. The molecule has 1 amide bonds. The first kappa shape index (κ1) is 16.7. The van der Waals surface area contributed by atoms with Crippen LogP contribution >= 0.6 is 0 Å².